The van der Waals surface area contributed by atoms with Crippen molar-refractivity contribution >= 4 is 5.91 Å². The Kier molecular flexibility index (Phi) is 4.60. The van der Waals surface area contributed by atoms with E-state index in [2.05, 4.69) is 0 Å². The highest BCUT2D eigenvalue weighted by molar-refractivity contribution is 5.89. The van der Waals surface area contributed by atoms with Gasteiger partial charge in [-0.05, 0) is 61.8 Å². The van der Waals surface area contributed by atoms with E-state index in [1.54, 1.807) is 7.11 Å². The Labute approximate surface area is 138 Å². The minimum atomic E-state index is -0.898. The van der Waals surface area contributed by atoms with Crippen molar-refractivity contribution in [3.05, 3.63) is 29.3 Å². The van der Waals surface area contributed by atoms with Gasteiger partial charge < -0.3 is 21.1 Å². The van der Waals surface area contributed by atoms with Gasteiger partial charge in [-0.1, -0.05) is 12.1 Å². The molecule has 4 N–H and O–H groups in total. The molecule has 0 saturated carbocycles. The summed E-state index contributed by atoms with van der Waals surface area (Å²) in [5.74, 6) is 1.55. The highest BCUT2D eigenvalue weighted by Gasteiger charge is 2.45. The van der Waals surface area contributed by atoms with E-state index >= 15 is 0 Å². The Bertz CT molecular complexity index is 582. The molecule has 126 valence electrons. The average Bonchev–Trinajstić information content (AvgIpc) is 2.94. The molecule has 1 aromatic rings. The van der Waals surface area contributed by atoms with Gasteiger partial charge in [-0.3, -0.25) is 4.79 Å². The number of fused-ring (bicyclic) bond motifs is 1. The van der Waals surface area contributed by atoms with Gasteiger partial charge in [0.25, 0.3) is 0 Å². The minimum absolute atomic E-state index is 0.0655. The summed E-state index contributed by atoms with van der Waals surface area (Å²) in [7, 11) is 1.66. The van der Waals surface area contributed by atoms with Gasteiger partial charge in [-0.25, -0.2) is 0 Å². The van der Waals surface area contributed by atoms with Crippen LogP contribution < -0.4 is 16.2 Å². The molecule has 2 aliphatic rings. The predicted octanol–water partition coefficient (Wildman–Crippen LogP) is 1.38. The normalized spacial score (nSPS) is 24.6. The smallest absolute Gasteiger partial charge is 0.247 e. The fourth-order valence-electron chi connectivity index (χ4n) is 4.05. The Morgan fingerprint density at radius 2 is 2.13 bits per heavy atom. The first-order chi connectivity index (χ1) is 11.1. The molecule has 0 bridgehead atoms. The third-order valence-corrected chi connectivity index (χ3v) is 5.46. The standard InChI is InChI=1S/C18H27N3O2/c1-23-16-4-2-3-15-14(16)5-9-18(15,20)17(22)21-11-7-13(6-10-19)8-12-21/h2-4,13H,5-12,19-20H2,1H3. The molecule has 1 heterocycles. The van der Waals surface area contributed by atoms with E-state index < -0.39 is 5.54 Å². The predicted molar refractivity (Wildman–Crippen MR) is 90.2 cm³/mol. The summed E-state index contributed by atoms with van der Waals surface area (Å²) in [6.45, 7) is 2.32. The summed E-state index contributed by atoms with van der Waals surface area (Å²) in [4.78, 5) is 15.0. The van der Waals surface area contributed by atoms with Crippen LogP contribution in [0.3, 0.4) is 0 Å². The zero-order valence-electron chi connectivity index (χ0n) is 13.9. The van der Waals surface area contributed by atoms with E-state index in [4.69, 9.17) is 16.2 Å². The molecule has 5 heteroatoms. The molecule has 0 spiro atoms. The zero-order chi connectivity index (χ0) is 16.4. The largest absolute Gasteiger partial charge is 0.496 e. The van der Waals surface area contributed by atoms with Gasteiger partial charge in [0.15, 0.2) is 0 Å². The second kappa shape index (κ2) is 6.49. The number of nitrogens with zero attached hydrogens (tertiary/aromatic N) is 1. The zero-order valence-corrected chi connectivity index (χ0v) is 13.9. The monoisotopic (exact) mass is 317 g/mol. The summed E-state index contributed by atoms with van der Waals surface area (Å²) < 4.78 is 5.42. The highest BCUT2D eigenvalue weighted by Crippen LogP contribution is 2.41. The van der Waals surface area contributed by atoms with Crippen LogP contribution in [0, 0.1) is 5.92 Å². The Morgan fingerprint density at radius 3 is 2.78 bits per heavy atom. The molecule has 1 saturated heterocycles. The molecule has 1 unspecified atom stereocenters. The van der Waals surface area contributed by atoms with Crippen molar-refractivity contribution in [3.8, 4) is 5.75 Å². The van der Waals surface area contributed by atoms with Crippen molar-refractivity contribution < 1.29 is 9.53 Å². The number of piperidine rings is 1. The fourth-order valence-corrected chi connectivity index (χ4v) is 4.05. The molecule has 1 aliphatic heterocycles. The Balaban J connectivity index is 1.77. The van der Waals surface area contributed by atoms with E-state index in [1.807, 2.05) is 23.1 Å². The maximum absolute atomic E-state index is 13.1. The van der Waals surface area contributed by atoms with Gasteiger partial charge in [-0.2, -0.15) is 0 Å². The molecule has 0 radical (unpaired) electrons. The van der Waals surface area contributed by atoms with Crippen LogP contribution in [0.15, 0.2) is 18.2 Å². The Hall–Kier alpha value is -1.59. The summed E-state index contributed by atoms with van der Waals surface area (Å²) >= 11 is 0. The van der Waals surface area contributed by atoms with E-state index in [9.17, 15) is 4.79 Å². The summed E-state index contributed by atoms with van der Waals surface area (Å²) in [5.41, 5.74) is 13.4. The molecule has 1 aliphatic carbocycles. The number of hydrogen-bond donors (Lipinski definition) is 2. The van der Waals surface area contributed by atoms with Crippen molar-refractivity contribution in [2.45, 2.75) is 37.6 Å². The number of benzene rings is 1. The lowest BCUT2D eigenvalue weighted by atomic mass is 9.88. The van der Waals surface area contributed by atoms with Crippen LogP contribution in [0.25, 0.3) is 0 Å². The van der Waals surface area contributed by atoms with Gasteiger partial charge in [0.2, 0.25) is 5.91 Å². The summed E-state index contributed by atoms with van der Waals surface area (Å²) in [6, 6.07) is 5.84. The lowest BCUT2D eigenvalue weighted by molar-refractivity contribution is -0.138. The SMILES string of the molecule is COc1cccc2c1CCC2(N)C(=O)N1CCC(CCN)CC1. The number of nitrogens with two attached hydrogens (primary N) is 2. The minimum Gasteiger partial charge on any atom is -0.496 e. The average molecular weight is 317 g/mol. The third kappa shape index (κ3) is 2.83. The number of ether oxygens (including phenoxy) is 1. The molecule has 1 aromatic carbocycles. The van der Waals surface area contributed by atoms with Gasteiger partial charge in [0, 0.05) is 13.1 Å². The van der Waals surface area contributed by atoms with Crippen molar-refractivity contribution in [2.75, 3.05) is 26.7 Å². The summed E-state index contributed by atoms with van der Waals surface area (Å²) in [6.07, 6.45) is 4.57. The molecule has 0 aromatic heterocycles. The van der Waals surface area contributed by atoms with Gasteiger partial charge >= 0.3 is 0 Å². The lowest BCUT2D eigenvalue weighted by Gasteiger charge is -2.37. The summed E-state index contributed by atoms with van der Waals surface area (Å²) in [5, 5.41) is 0. The fraction of sp³-hybridized carbons (Fsp3) is 0.611. The number of hydrogen-bond acceptors (Lipinski definition) is 4. The van der Waals surface area contributed by atoms with Crippen LogP contribution in [0.2, 0.25) is 0 Å². The second-order valence-electron chi connectivity index (χ2n) is 6.77. The van der Waals surface area contributed by atoms with Crippen molar-refractivity contribution in [3.63, 3.8) is 0 Å². The van der Waals surface area contributed by atoms with Crippen LogP contribution in [0.1, 0.15) is 36.8 Å². The molecule has 1 atom stereocenters. The molecular formula is C18H27N3O2. The van der Waals surface area contributed by atoms with Gasteiger partial charge in [-0.15, -0.1) is 0 Å². The Morgan fingerprint density at radius 1 is 1.39 bits per heavy atom. The number of likely N-dealkylation sites (tertiary alicyclic amines) is 1. The van der Waals surface area contributed by atoms with Gasteiger partial charge in [0.1, 0.15) is 11.3 Å². The van der Waals surface area contributed by atoms with Crippen LogP contribution in [-0.4, -0.2) is 37.6 Å². The number of carbonyl (C=O) groups is 1. The van der Waals surface area contributed by atoms with E-state index in [0.717, 1.165) is 62.2 Å². The maximum atomic E-state index is 13.1. The first-order valence-corrected chi connectivity index (χ1v) is 8.55. The lowest BCUT2D eigenvalue weighted by Crippen LogP contribution is -2.53. The molecule has 23 heavy (non-hydrogen) atoms. The maximum Gasteiger partial charge on any atom is 0.247 e. The first kappa shape index (κ1) is 16.3. The number of rotatable bonds is 4. The van der Waals surface area contributed by atoms with Crippen LogP contribution in [0.4, 0.5) is 0 Å². The van der Waals surface area contributed by atoms with Crippen molar-refractivity contribution in [1.82, 2.24) is 4.90 Å². The number of methoxy groups -OCH3 is 1. The first-order valence-electron chi connectivity index (χ1n) is 8.55. The number of carbonyl (C=O) groups excluding carboxylic acids is 1. The van der Waals surface area contributed by atoms with Crippen molar-refractivity contribution in [2.24, 2.45) is 17.4 Å². The third-order valence-electron chi connectivity index (χ3n) is 5.46. The molecule has 1 fully saturated rings. The number of amides is 1. The molecule has 3 rings (SSSR count). The van der Waals surface area contributed by atoms with E-state index in [-0.39, 0.29) is 5.91 Å². The molecular weight excluding hydrogens is 290 g/mol. The molecule has 5 nitrogen and oxygen atoms in total. The van der Waals surface area contributed by atoms with Crippen LogP contribution in [0.5, 0.6) is 5.75 Å². The molecule has 1 amide bonds. The van der Waals surface area contributed by atoms with Crippen molar-refractivity contribution in [1.29, 1.82) is 0 Å². The van der Waals surface area contributed by atoms with Crippen LogP contribution >= 0.6 is 0 Å². The highest BCUT2D eigenvalue weighted by atomic mass is 16.5. The quantitative estimate of drug-likeness (QED) is 0.879. The topological polar surface area (TPSA) is 81.6 Å². The van der Waals surface area contributed by atoms with E-state index in [0.29, 0.717) is 12.3 Å². The second-order valence-corrected chi connectivity index (χ2v) is 6.77. The van der Waals surface area contributed by atoms with E-state index in [1.165, 1.54) is 0 Å². The van der Waals surface area contributed by atoms with Crippen LogP contribution in [-0.2, 0) is 16.8 Å². The van der Waals surface area contributed by atoms with Gasteiger partial charge in [0.05, 0.1) is 7.11 Å².